The molecule has 16 heavy (non-hydrogen) atoms. The van der Waals surface area contributed by atoms with Crippen LogP contribution in [-0.2, 0) is 9.53 Å². The van der Waals surface area contributed by atoms with Crippen LogP contribution in [0, 0.1) is 5.92 Å². The Morgan fingerprint density at radius 3 is 2.75 bits per heavy atom. The van der Waals surface area contributed by atoms with Gasteiger partial charge in [-0.25, -0.2) is 4.79 Å². The molecule has 2 rings (SSSR count). The average molecular weight is 225 g/mol. The van der Waals surface area contributed by atoms with Crippen molar-refractivity contribution >= 4 is 5.97 Å². The Hall–Kier alpha value is -0.870. The van der Waals surface area contributed by atoms with Gasteiger partial charge >= 0.3 is 5.97 Å². The van der Waals surface area contributed by atoms with Crippen molar-refractivity contribution < 1.29 is 14.6 Å². The van der Waals surface area contributed by atoms with Gasteiger partial charge in [0.2, 0.25) is 0 Å². The molecule has 1 N–H and O–H groups in total. The van der Waals surface area contributed by atoms with Gasteiger partial charge in [0.05, 0.1) is 0 Å². The minimum atomic E-state index is -0.727. The molecule has 0 bridgehead atoms. The highest BCUT2D eigenvalue weighted by Crippen LogP contribution is 2.30. The van der Waals surface area contributed by atoms with E-state index in [4.69, 9.17) is 4.74 Å². The van der Waals surface area contributed by atoms with Crippen LogP contribution in [0.4, 0.5) is 0 Å². The molecule has 2 heterocycles. The smallest absolute Gasteiger partial charge is 0.331 e. The van der Waals surface area contributed by atoms with E-state index in [9.17, 15) is 9.90 Å². The summed E-state index contributed by atoms with van der Waals surface area (Å²) in [5.41, 5.74) is 1.80. The molecule has 2 aliphatic rings. The number of hydrogen-bond donors (Lipinski definition) is 1. The number of likely N-dealkylation sites (N-methyl/N-ethyl adjacent to an activating group) is 1. The third-order valence-corrected chi connectivity index (χ3v) is 3.54. The van der Waals surface area contributed by atoms with E-state index in [0.29, 0.717) is 17.9 Å². The number of aliphatic carboxylic acids is 1. The number of carboxylic acid groups (broad SMARTS) is 1. The fourth-order valence-corrected chi connectivity index (χ4v) is 2.59. The zero-order valence-corrected chi connectivity index (χ0v) is 9.74. The fraction of sp³-hybridized carbons (Fsp3) is 0.750. The molecule has 4 heteroatoms. The van der Waals surface area contributed by atoms with Crippen LogP contribution in [0.3, 0.4) is 0 Å². The number of nitrogens with zero attached hydrogens (tertiary/aromatic N) is 1. The summed E-state index contributed by atoms with van der Waals surface area (Å²) in [6.45, 7) is 3.20. The van der Waals surface area contributed by atoms with Gasteiger partial charge in [-0.05, 0) is 37.8 Å². The second kappa shape index (κ2) is 4.97. The van der Waals surface area contributed by atoms with Crippen LogP contribution in [0.1, 0.15) is 19.3 Å². The van der Waals surface area contributed by atoms with Crippen molar-refractivity contribution in [2.24, 2.45) is 5.92 Å². The lowest BCUT2D eigenvalue weighted by Crippen LogP contribution is -2.34. The number of carboxylic acids is 1. The Morgan fingerprint density at radius 1 is 1.44 bits per heavy atom. The first-order valence-corrected chi connectivity index (χ1v) is 5.90. The molecule has 0 aromatic carbocycles. The first kappa shape index (κ1) is 11.6. The molecule has 2 aliphatic heterocycles. The molecule has 90 valence electrons. The Labute approximate surface area is 95.9 Å². The molecular formula is C12H19NO3. The SMILES string of the molecule is CN1CCC(C(=O)O)=C(C2CCOCC2)C1. The van der Waals surface area contributed by atoms with Gasteiger partial charge in [0.1, 0.15) is 0 Å². The summed E-state index contributed by atoms with van der Waals surface area (Å²) in [6.07, 6.45) is 2.62. The Balaban J connectivity index is 2.20. The van der Waals surface area contributed by atoms with Crippen LogP contribution in [0.2, 0.25) is 0 Å². The second-order valence-corrected chi connectivity index (χ2v) is 4.68. The fourth-order valence-electron chi connectivity index (χ4n) is 2.59. The van der Waals surface area contributed by atoms with E-state index in [-0.39, 0.29) is 0 Å². The van der Waals surface area contributed by atoms with Gasteiger partial charge in [-0.2, -0.15) is 0 Å². The van der Waals surface area contributed by atoms with Gasteiger partial charge in [0.15, 0.2) is 0 Å². The largest absolute Gasteiger partial charge is 0.478 e. The molecule has 4 nitrogen and oxygen atoms in total. The van der Waals surface area contributed by atoms with Crippen molar-refractivity contribution in [2.45, 2.75) is 19.3 Å². The average Bonchev–Trinajstić information content (AvgIpc) is 2.29. The van der Waals surface area contributed by atoms with Crippen LogP contribution in [0.25, 0.3) is 0 Å². The topological polar surface area (TPSA) is 49.8 Å². The summed E-state index contributed by atoms with van der Waals surface area (Å²) in [7, 11) is 2.05. The lowest BCUT2D eigenvalue weighted by Gasteiger charge is -2.33. The quantitative estimate of drug-likeness (QED) is 0.765. The standard InChI is InChI=1S/C12H19NO3/c1-13-5-2-10(12(14)15)11(8-13)9-3-6-16-7-4-9/h9H,2-8H2,1H3,(H,14,15). The summed E-state index contributed by atoms with van der Waals surface area (Å²) in [5, 5.41) is 9.22. The number of carbonyl (C=O) groups is 1. The summed E-state index contributed by atoms with van der Waals surface area (Å²) in [4.78, 5) is 13.4. The van der Waals surface area contributed by atoms with Crippen molar-refractivity contribution in [3.63, 3.8) is 0 Å². The molecule has 0 aliphatic carbocycles. The van der Waals surface area contributed by atoms with Crippen molar-refractivity contribution in [1.29, 1.82) is 0 Å². The molecule has 0 spiro atoms. The molecule has 0 unspecified atom stereocenters. The van der Waals surface area contributed by atoms with E-state index in [1.54, 1.807) is 0 Å². The first-order chi connectivity index (χ1) is 7.68. The van der Waals surface area contributed by atoms with Crippen molar-refractivity contribution in [3.8, 4) is 0 Å². The summed E-state index contributed by atoms with van der Waals surface area (Å²) in [6, 6.07) is 0. The highest BCUT2D eigenvalue weighted by molar-refractivity contribution is 5.88. The third-order valence-electron chi connectivity index (χ3n) is 3.54. The Bertz CT molecular complexity index is 305. The summed E-state index contributed by atoms with van der Waals surface area (Å²) < 4.78 is 5.33. The van der Waals surface area contributed by atoms with Crippen molar-refractivity contribution in [2.75, 3.05) is 33.4 Å². The first-order valence-electron chi connectivity index (χ1n) is 5.90. The minimum absolute atomic E-state index is 0.419. The molecule has 1 saturated heterocycles. The maximum absolute atomic E-state index is 11.2. The number of ether oxygens (including phenoxy) is 1. The zero-order chi connectivity index (χ0) is 11.5. The van der Waals surface area contributed by atoms with Crippen molar-refractivity contribution in [3.05, 3.63) is 11.1 Å². The highest BCUT2D eigenvalue weighted by atomic mass is 16.5. The van der Waals surface area contributed by atoms with Gasteiger partial charge < -0.3 is 14.7 Å². The van der Waals surface area contributed by atoms with E-state index in [1.807, 2.05) is 0 Å². The molecule has 0 aromatic heterocycles. The Kier molecular flexibility index (Phi) is 3.61. The molecule has 0 saturated carbocycles. The molecule has 0 amide bonds. The van der Waals surface area contributed by atoms with Crippen LogP contribution >= 0.6 is 0 Å². The van der Waals surface area contributed by atoms with Crippen LogP contribution in [0.5, 0.6) is 0 Å². The number of hydrogen-bond acceptors (Lipinski definition) is 3. The maximum atomic E-state index is 11.2. The lowest BCUT2D eigenvalue weighted by atomic mass is 9.85. The van der Waals surface area contributed by atoms with Gasteiger partial charge in [-0.1, -0.05) is 0 Å². The summed E-state index contributed by atoms with van der Waals surface area (Å²) in [5.74, 6) is -0.308. The zero-order valence-electron chi connectivity index (χ0n) is 9.74. The molecule has 0 aromatic rings. The molecular weight excluding hydrogens is 206 g/mol. The monoisotopic (exact) mass is 225 g/mol. The van der Waals surface area contributed by atoms with E-state index >= 15 is 0 Å². The van der Waals surface area contributed by atoms with Crippen molar-refractivity contribution in [1.82, 2.24) is 4.90 Å². The minimum Gasteiger partial charge on any atom is -0.478 e. The summed E-state index contributed by atoms with van der Waals surface area (Å²) >= 11 is 0. The molecule has 1 fully saturated rings. The second-order valence-electron chi connectivity index (χ2n) is 4.68. The molecule has 0 radical (unpaired) electrons. The van der Waals surface area contributed by atoms with E-state index in [2.05, 4.69) is 11.9 Å². The van der Waals surface area contributed by atoms with Crippen LogP contribution in [-0.4, -0.2) is 49.3 Å². The predicted octanol–water partition coefficient (Wildman–Crippen LogP) is 1.13. The van der Waals surface area contributed by atoms with Gasteiger partial charge in [-0.15, -0.1) is 0 Å². The van der Waals surface area contributed by atoms with E-state index < -0.39 is 5.97 Å². The van der Waals surface area contributed by atoms with E-state index in [0.717, 1.165) is 44.7 Å². The van der Waals surface area contributed by atoms with Gasteiger partial charge in [-0.3, -0.25) is 0 Å². The number of rotatable bonds is 2. The lowest BCUT2D eigenvalue weighted by molar-refractivity contribution is -0.133. The Morgan fingerprint density at radius 2 is 2.12 bits per heavy atom. The van der Waals surface area contributed by atoms with Crippen LogP contribution in [0.15, 0.2) is 11.1 Å². The van der Waals surface area contributed by atoms with Gasteiger partial charge in [0.25, 0.3) is 0 Å². The normalized spacial score (nSPS) is 24.8. The predicted molar refractivity (Wildman–Crippen MR) is 60.3 cm³/mol. The van der Waals surface area contributed by atoms with Crippen LogP contribution < -0.4 is 0 Å². The molecule has 0 atom stereocenters. The van der Waals surface area contributed by atoms with E-state index in [1.165, 1.54) is 0 Å². The maximum Gasteiger partial charge on any atom is 0.331 e. The third kappa shape index (κ3) is 2.44. The highest BCUT2D eigenvalue weighted by Gasteiger charge is 2.27. The van der Waals surface area contributed by atoms with Gasteiger partial charge in [0, 0.05) is 31.9 Å².